The van der Waals surface area contributed by atoms with Gasteiger partial charge in [0.1, 0.15) is 0 Å². The Bertz CT molecular complexity index is 769. The molecule has 3 nitrogen and oxygen atoms in total. The molecule has 0 aliphatic carbocycles. The minimum Gasteiger partial charge on any atom is -0.331 e. The van der Waals surface area contributed by atoms with Crippen molar-refractivity contribution in [2.24, 2.45) is 11.8 Å². The van der Waals surface area contributed by atoms with Gasteiger partial charge in [-0.1, -0.05) is 59.6 Å². The number of nitrogens with zero attached hydrogens (tertiary/aromatic N) is 1. The Labute approximate surface area is 163 Å². The number of hydrogen-bond donors (Lipinski definition) is 1. The molecule has 1 amide bonds. The quantitative estimate of drug-likeness (QED) is 0.812. The zero-order valence-corrected chi connectivity index (χ0v) is 15.8. The van der Waals surface area contributed by atoms with Crippen molar-refractivity contribution < 1.29 is 4.79 Å². The number of rotatable bonds is 2. The first-order valence-corrected chi connectivity index (χ1v) is 8.93. The first kappa shape index (κ1) is 18.5. The summed E-state index contributed by atoms with van der Waals surface area (Å²) < 4.78 is 0. The normalized spacial score (nSPS) is 24.7. The second-order valence-corrected chi connectivity index (χ2v) is 7.28. The molecule has 25 heavy (non-hydrogen) atoms. The summed E-state index contributed by atoms with van der Waals surface area (Å²) in [5, 5.41) is 4.21. The zero-order valence-electron chi connectivity index (χ0n) is 13.5. The van der Waals surface area contributed by atoms with E-state index in [0.717, 1.165) is 19.6 Å². The number of fused-ring (bicyclic) bond motifs is 1. The first-order chi connectivity index (χ1) is 11.7. The molecule has 0 radical (unpaired) electrons. The van der Waals surface area contributed by atoms with Crippen LogP contribution >= 0.6 is 35.6 Å². The highest BCUT2D eigenvalue weighted by Gasteiger charge is 2.47. The molecule has 0 aromatic heterocycles. The lowest BCUT2D eigenvalue weighted by Gasteiger charge is -2.29. The standard InChI is InChI=1S/C19H18Cl2N2O.ClH/c20-16-8-4-7-14(17(16)21)19(24)23-11-13-9-22-10-15(13)18(23)12-5-2-1-3-6-12;/h1-8,13,15,18,22H,9-11H2;1H/t13-,15-,18-;/m0./s1. The molecule has 132 valence electrons. The van der Waals surface area contributed by atoms with Gasteiger partial charge in [0.05, 0.1) is 21.7 Å². The van der Waals surface area contributed by atoms with E-state index in [1.165, 1.54) is 5.56 Å². The molecule has 2 aliphatic rings. The van der Waals surface area contributed by atoms with Crippen LogP contribution in [-0.2, 0) is 0 Å². The molecule has 0 unspecified atom stereocenters. The maximum atomic E-state index is 13.2. The van der Waals surface area contributed by atoms with Crippen LogP contribution in [0.4, 0.5) is 0 Å². The van der Waals surface area contributed by atoms with Crippen LogP contribution in [0.5, 0.6) is 0 Å². The Morgan fingerprint density at radius 1 is 1.04 bits per heavy atom. The number of hydrogen-bond acceptors (Lipinski definition) is 2. The number of likely N-dealkylation sites (tertiary alicyclic amines) is 1. The Morgan fingerprint density at radius 3 is 2.56 bits per heavy atom. The van der Waals surface area contributed by atoms with Crippen LogP contribution in [0.15, 0.2) is 48.5 Å². The van der Waals surface area contributed by atoms with Gasteiger partial charge < -0.3 is 10.2 Å². The summed E-state index contributed by atoms with van der Waals surface area (Å²) in [6.45, 7) is 2.65. The van der Waals surface area contributed by atoms with Gasteiger partial charge in [-0.25, -0.2) is 0 Å². The SMILES string of the molecule is Cl.O=C(c1cccc(Cl)c1Cl)N1C[C@@H]2CNC[C@@H]2[C@@H]1c1ccccc1. The van der Waals surface area contributed by atoms with Crippen molar-refractivity contribution in [2.75, 3.05) is 19.6 Å². The molecule has 2 heterocycles. The highest BCUT2D eigenvalue weighted by atomic mass is 35.5. The topological polar surface area (TPSA) is 32.3 Å². The Hall–Kier alpha value is -1.26. The number of nitrogens with one attached hydrogen (secondary N) is 1. The van der Waals surface area contributed by atoms with Crippen molar-refractivity contribution in [3.05, 3.63) is 69.7 Å². The van der Waals surface area contributed by atoms with Gasteiger partial charge in [-0.05, 0) is 23.6 Å². The van der Waals surface area contributed by atoms with Crippen molar-refractivity contribution in [2.45, 2.75) is 6.04 Å². The molecule has 0 bridgehead atoms. The number of halogens is 3. The summed E-state index contributed by atoms with van der Waals surface area (Å²) >= 11 is 12.4. The molecule has 2 aromatic carbocycles. The van der Waals surface area contributed by atoms with Crippen LogP contribution < -0.4 is 5.32 Å². The summed E-state index contributed by atoms with van der Waals surface area (Å²) in [6.07, 6.45) is 0. The number of carbonyl (C=O) groups is 1. The fraction of sp³-hybridized carbons (Fsp3) is 0.316. The Morgan fingerprint density at radius 2 is 1.80 bits per heavy atom. The lowest BCUT2D eigenvalue weighted by atomic mass is 9.89. The highest BCUT2D eigenvalue weighted by Crippen LogP contribution is 2.43. The van der Waals surface area contributed by atoms with E-state index >= 15 is 0 Å². The van der Waals surface area contributed by atoms with Gasteiger partial charge >= 0.3 is 0 Å². The van der Waals surface area contributed by atoms with Crippen molar-refractivity contribution >= 4 is 41.5 Å². The average Bonchev–Trinajstić information content (AvgIpc) is 3.18. The summed E-state index contributed by atoms with van der Waals surface area (Å²) in [4.78, 5) is 15.2. The van der Waals surface area contributed by atoms with Crippen LogP contribution in [0.1, 0.15) is 22.0 Å². The Balaban J connectivity index is 0.00000182. The minimum atomic E-state index is -0.0363. The summed E-state index contributed by atoms with van der Waals surface area (Å²) in [5.41, 5.74) is 1.67. The van der Waals surface area contributed by atoms with E-state index in [1.807, 2.05) is 23.1 Å². The summed E-state index contributed by atoms with van der Waals surface area (Å²) in [7, 11) is 0. The van der Waals surface area contributed by atoms with Crippen LogP contribution in [0.25, 0.3) is 0 Å². The molecule has 2 fully saturated rings. The van der Waals surface area contributed by atoms with E-state index in [-0.39, 0.29) is 24.4 Å². The largest absolute Gasteiger partial charge is 0.331 e. The molecule has 2 aromatic rings. The van der Waals surface area contributed by atoms with Crippen LogP contribution in [0.2, 0.25) is 10.0 Å². The predicted molar refractivity (Wildman–Crippen MR) is 104 cm³/mol. The van der Waals surface area contributed by atoms with Gasteiger partial charge in [-0.3, -0.25) is 4.79 Å². The van der Waals surface area contributed by atoms with Crippen molar-refractivity contribution in [3.8, 4) is 0 Å². The van der Waals surface area contributed by atoms with Gasteiger partial charge in [0, 0.05) is 25.6 Å². The van der Waals surface area contributed by atoms with Gasteiger partial charge in [0.15, 0.2) is 0 Å². The average molecular weight is 398 g/mol. The second-order valence-electron chi connectivity index (χ2n) is 6.50. The predicted octanol–water partition coefficient (Wildman–Crippen LogP) is 4.45. The molecule has 0 spiro atoms. The lowest BCUT2D eigenvalue weighted by molar-refractivity contribution is 0.0714. The summed E-state index contributed by atoms with van der Waals surface area (Å²) in [6, 6.07) is 15.6. The van der Waals surface area contributed by atoms with Crippen molar-refractivity contribution in [1.82, 2.24) is 10.2 Å². The molecule has 3 atom stereocenters. The number of carbonyl (C=O) groups excluding carboxylic acids is 1. The number of amides is 1. The fourth-order valence-corrected chi connectivity index (χ4v) is 4.41. The molecule has 2 aliphatic heterocycles. The first-order valence-electron chi connectivity index (χ1n) is 8.17. The molecule has 0 saturated carbocycles. The van der Waals surface area contributed by atoms with Crippen LogP contribution in [0, 0.1) is 11.8 Å². The van der Waals surface area contributed by atoms with E-state index in [2.05, 4.69) is 17.4 Å². The fourth-order valence-electron chi connectivity index (χ4n) is 4.03. The number of benzene rings is 2. The molecule has 2 saturated heterocycles. The van der Waals surface area contributed by atoms with Crippen molar-refractivity contribution in [1.29, 1.82) is 0 Å². The highest BCUT2D eigenvalue weighted by molar-refractivity contribution is 6.43. The molecule has 1 N–H and O–H groups in total. The monoisotopic (exact) mass is 396 g/mol. The van der Waals surface area contributed by atoms with E-state index < -0.39 is 0 Å². The molecular weight excluding hydrogens is 379 g/mol. The zero-order chi connectivity index (χ0) is 16.7. The summed E-state index contributed by atoms with van der Waals surface area (Å²) in [5.74, 6) is 0.886. The van der Waals surface area contributed by atoms with Crippen LogP contribution in [0.3, 0.4) is 0 Å². The van der Waals surface area contributed by atoms with E-state index in [9.17, 15) is 4.79 Å². The maximum Gasteiger partial charge on any atom is 0.255 e. The smallest absolute Gasteiger partial charge is 0.255 e. The maximum absolute atomic E-state index is 13.2. The van der Waals surface area contributed by atoms with E-state index in [4.69, 9.17) is 23.2 Å². The minimum absolute atomic E-state index is 0. The third-order valence-corrected chi connectivity index (χ3v) is 5.97. The van der Waals surface area contributed by atoms with Gasteiger partial charge in [-0.2, -0.15) is 0 Å². The third kappa shape index (κ3) is 3.26. The Kier molecular flexibility index (Phi) is 5.59. The molecule has 6 heteroatoms. The van der Waals surface area contributed by atoms with Crippen LogP contribution in [-0.4, -0.2) is 30.4 Å². The van der Waals surface area contributed by atoms with Gasteiger partial charge in [0.2, 0.25) is 0 Å². The van der Waals surface area contributed by atoms with E-state index in [0.29, 0.717) is 27.4 Å². The van der Waals surface area contributed by atoms with Gasteiger partial charge in [0.25, 0.3) is 5.91 Å². The third-order valence-electron chi connectivity index (χ3n) is 5.15. The lowest BCUT2D eigenvalue weighted by Crippen LogP contribution is -2.34. The van der Waals surface area contributed by atoms with Gasteiger partial charge in [-0.15, -0.1) is 12.4 Å². The van der Waals surface area contributed by atoms with Crippen molar-refractivity contribution in [3.63, 3.8) is 0 Å². The molecular formula is C19H19Cl3N2O. The van der Waals surface area contributed by atoms with E-state index in [1.54, 1.807) is 18.2 Å². The second kappa shape index (κ2) is 7.55. The molecule has 4 rings (SSSR count).